The monoisotopic (exact) mass is 615 g/mol. The molecule has 0 spiro atoms. The number of rotatable bonds is 8. The molecule has 0 radical (unpaired) electrons. The molecule has 0 bridgehead atoms. The summed E-state index contributed by atoms with van der Waals surface area (Å²) in [6, 6.07) is 8.82. The summed E-state index contributed by atoms with van der Waals surface area (Å²) in [5, 5.41) is 15.1. The lowest BCUT2D eigenvalue weighted by Gasteiger charge is -2.26. The number of nitrogens with one attached hydrogen (secondary N) is 3. The molecule has 5 rings (SSSR count). The van der Waals surface area contributed by atoms with E-state index < -0.39 is 61.8 Å². The van der Waals surface area contributed by atoms with Gasteiger partial charge in [0.15, 0.2) is 17.5 Å². The first-order valence-electron chi connectivity index (χ1n) is 13.2. The van der Waals surface area contributed by atoms with Crippen LogP contribution in [0.5, 0.6) is 0 Å². The molecule has 2 atom stereocenters. The maximum atomic E-state index is 15.4. The van der Waals surface area contributed by atoms with Crippen LogP contribution in [0.15, 0.2) is 47.4 Å². The number of halogens is 4. The summed E-state index contributed by atoms with van der Waals surface area (Å²) < 4.78 is 87.6. The van der Waals surface area contributed by atoms with Crippen LogP contribution in [0.2, 0.25) is 0 Å². The largest absolute Gasteiger partial charge is 0.350 e. The van der Waals surface area contributed by atoms with Crippen LogP contribution < -0.4 is 20.9 Å². The fourth-order valence-electron chi connectivity index (χ4n) is 4.87. The summed E-state index contributed by atoms with van der Waals surface area (Å²) in [6.07, 6.45) is 0.550. The van der Waals surface area contributed by atoms with Crippen molar-refractivity contribution in [3.8, 4) is 17.2 Å². The molecule has 2 aromatic carbocycles. The summed E-state index contributed by atoms with van der Waals surface area (Å²) in [7, 11) is -4.40. The van der Waals surface area contributed by atoms with Gasteiger partial charge in [-0.25, -0.2) is 31.0 Å². The Morgan fingerprint density at radius 1 is 1.12 bits per heavy atom. The number of piperidine rings is 1. The Morgan fingerprint density at radius 2 is 1.86 bits per heavy atom. The number of anilines is 2. The second-order valence-corrected chi connectivity index (χ2v) is 11.7. The van der Waals surface area contributed by atoms with E-state index in [4.69, 9.17) is 5.26 Å². The summed E-state index contributed by atoms with van der Waals surface area (Å²) in [4.78, 5) is 21.9. The van der Waals surface area contributed by atoms with Crippen LogP contribution >= 0.6 is 0 Å². The van der Waals surface area contributed by atoms with Gasteiger partial charge in [0.25, 0.3) is 5.56 Å². The fraction of sp³-hybridized carbons (Fsp3) is 0.286. The summed E-state index contributed by atoms with van der Waals surface area (Å²) >= 11 is 0. The highest BCUT2D eigenvalue weighted by molar-refractivity contribution is 7.91. The van der Waals surface area contributed by atoms with Crippen LogP contribution in [0.1, 0.15) is 24.5 Å². The van der Waals surface area contributed by atoms with Gasteiger partial charge < -0.3 is 10.6 Å². The number of alkyl halides is 1. The molecule has 0 saturated carbocycles. The summed E-state index contributed by atoms with van der Waals surface area (Å²) in [5.41, 5.74) is -2.46. The van der Waals surface area contributed by atoms with Crippen molar-refractivity contribution >= 4 is 32.7 Å². The van der Waals surface area contributed by atoms with E-state index in [1.807, 2.05) is 6.07 Å². The molecule has 224 valence electrons. The maximum Gasteiger partial charge on any atom is 0.260 e. The molecule has 0 amide bonds. The zero-order valence-electron chi connectivity index (χ0n) is 22.7. The van der Waals surface area contributed by atoms with Gasteiger partial charge in [0.1, 0.15) is 17.5 Å². The topological polar surface area (TPSA) is 142 Å². The molecule has 0 unspecified atom stereocenters. The summed E-state index contributed by atoms with van der Waals surface area (Å²) in [5.74, 6) is -5.47. The van der Waals surface area contributed by atoms with Crippen LogP contribution in [0.4, 0.5) is 29.2 Å². The number of fused-ring (bicyclic) bond motifs is 1. The SMILES string of the molecule is CCn1c(=O)c(-c2cc(F)c(NS(=O)(=O)Cc3ccc(C#N)cc3)c(F)c2F)cc2cnc(N[C@@H]3CNC[C@@H](F)C3)nc21. The maximum absolute atomic E-state index is 15.4. The molecule has 1 aliphatic rings. The molecule has 4 aromatic rings. The van der Waals surface area contributed by atoms with Crippen LogP contribution in [0.3, 0.4) is 0 Å². The number of hydrogen-bond donors (Lipinski definition) is 3. The number of nitriles is 1. The average Bonchev–Trinajstić information content (AvgIpc) is 2.97. The van der Waals surface area contributed by atoms with Crippen molar-refractivity contribution in [2.45, 2.75) is 37.9 Å². The first-order chi connectivity index (χ1) is 20.5. The number of nitrogens with zero attached hydrogens (tertiary/aromatic N) is 4. The molecule has 15 heteroatoms. The minimum absolute atomic E-state index is 0.0664. The summed E-state index contributed by atoms with van der Waals surface area (Å²) in [6.45, 7) is 2.43. The van der Waals surface area contributed by atoms with Gasteiger partial charge in [-0.3, -0.25) is 14.1 Å². The third kappa shape index (κ3) is 6.30. The normalized spacial score (nSPS) is 17.0. The number of aryl methyl sites for hydroxylation is 1. The third-order valence-electron chi connectivity index (χ3n) is 6.92. The predicted octanol–water partition coefficient (Wildman–Crippen LogP) is 3.82. The minimum atomic E-state index is -4.40. The number of benzene rings is 2. The second-order valence-electron chi connectivity index (χ2n) is 9.99. The quantitative estimate of drug-likeness (QED) is 0.201. The Labute approximate surface area is 243 Å². The van der Waals surface area contributed by atoms with E-state index in [1.54, 1.807) is 11.6 Å². The van der Waals surface area contributed by atoms with Gasteiger partial charge in [-0.05, 0) is 36.8 Å². The lowest BCUT2D eigenvalue weighted by molar-refractivity contribution is 0.254. The lowest BCUT2D eigenvalue weighted by Crippen LogP contribution is -2.44. The molecule has 3 heterocycles. The Balaban J connectivity index is 1.47. The van der Waals surface area contributed by atoms with E-state index in [1.165, 1.54) is 41.1 Å². The van der Waals surface area contributed by atoms with Crippen molar-refractivity contribution in [2.75, 3.05) is 23.1 Å². The van der Waals surface area contributed by atoms with E-state index in [9.17, 15) is 17.6 Å². The second kappa shape index (κ2) is 12.0. The number of pyridine rings is 1. The van der Waals surface area contributed by atoms with E-state index in [-0.39, 0.29) is 53.7 Å². The Bertz CT molecular complexity index is 1910. The minimum Gasteiger partial charge on any atom is -0.350 e. The van der Waals surface area contributed by atoms with Crippen molar-refractivity contribution < 1.29 is 26.0 Å². The van der Waals surface area contributed by atoms with Crippen molar-refractivity contribution in [2.24, 2.45) is 0 Å². The molecule has 43 heavy (non-hydrogen) atoms. The van der Waals surface area contributed by atoms with Gasteiger partial charge in [-0.2, -0.15) is 10.2 Å². The predicted molar refractivity (Wildman–Crippen MR) is 152 cm³/mol. The lowest BCUT2D eigenvalue weighted by atomic mass is 10.0. The van der Waals surface area contributed by atoms with Crippen LogP contribution in [0.25, 0.3) is 22.2 Å². The molecule has 0 aliphatic carbocycles. The molecular weight excluding hydrogens is 590 g/mol. The third-order valence-corrected chi connectivity index (χ3v) is 8.15. The zero-order chi connectivity index (χ0) is 30.9. The highest BCUT2D eigenvalue weighted by Gasteiger charge is 2.26. The molecule has 3 N–H and O–H groups in total. The van der Waals surface area contributed by atoms with Gasteiger partial charge in [0.2, 0.25) is 16.0 Å². The van der Waals surface area contributed by atoms with Crippen LogP contribution in [-0.2, 0) is 22.3 Å². The van der Waals surface area contributed by atoms with Gasteiger partial charge in [-0.1, -0.05) is 12.1 Å². The molecule has 2 aromatic heterocycles. The first kappa shape index (κ1) is 29.9. The van der Waals surface area contributed by atoms with Gasteiger partial charge >= 0.3 is 0 Å². The molecule has 1 fully saturated rings. The molecule has 1 aliphatic heterocycles. The first-order valence-corrected chi connectivity index (χ1v) is 14.8. The van der Waals surface area contributed by atoms with Crippen molar-refractivity contribution in [1.29, 1.82) is 5.26 Å². The molecular formula is C28H25F4N7O3S. The van der Waals surface area contributed by atoms with Crippen molar-refractivity contribution in [1.82, 2.24) is 19.9 Å². The average molecular weight is 616 g/mol. The van der Waals surface area contributed by atoms with E-state index in [0.717, 1.165) is 0 Å². The number of sulfonamides is 1. The van der Waals surface area contributed by atoms with Crippen LogP contribution in [0, 0.1) is 28.8 Å². The highest BCUT2D eigenvalue weighted by Crippen LogP contribution is 2.32. The Morgan fingerprint density at radius 3 is 2.53 bits per heavy atom. The Hall–Kier alpha value is -4.55. The number of aromatic nitrogens is 3. The molecule has 10 nitrogen and oxygen atoms in total. The van der Waals surface area contributed by atoms with Gasteiger partial charge in [0, 0.05) is 49.2 Å². The fourth-order valence-corrected chi connectivity index (χ4v) is 6.07. The van der Waals surface area contributed by atoms with Crippen LogP contribution in [-0.4, -0.2) is 48.3 Å². The van der Waals surface area contributed by atoms with Gasteiger partial charge in [0.05, 0.1) is 22.9 Å². The van der Waals surface area contributed by atoms with E-state index in [2.05, 4.69) is 20.6 Å². The highest BCUT2D eigenvalue weighted by atomic mass is 32.2. The molecule has 1 saturated heterocycles. The standard InChI is InChI=1S/C28H25F4N7O3S/c1-2-39-26-17(11-35-28(37-26)36-19-8-18(29)12-34-13-19)7-21(27(39)40)20-9-22(30)25(24(32)23(20)31)38-43(41,42)14-16-5-3-15(10-33)4-6-16/h3-7,9,11,18-19,34,38H,2,8,12-14H2,1H3,(H,35,36,37)/t18-,19-/m0/s1. The zero-order valence-corrected chi connectivity index (χ0v) is 23.5. The van der Waals surface area contributed by atoms with E-state index in [0.29, 0.717) is 12.6 Å². The van der Waals surface area contributed by atoms with E-state index >= 15 is 13.2 Å². The Kier molecular flexibility index (Phi) is 8.34. The number of hydrogen-bond acceptors (Lipinski definition) is 8. The van der Waals surface area contributed by atoms with Gasteiger partial charge in [-0.15, -0.1) is 0 Å². The smallest absolute Gasteiger partial charge is 0.260 e. The van der Waals surface area contributed by atoms with Crippen molar-refractivity contribution in [3.63, 3.8) is 0 Å². The van der Waals surface area contributed by atoms with Crippen molar-refractivity contribution in [3.05, 3.63) is 81.5 Å².